The highest BCUT2D eigenvalue weighted by molar-refractivity contribution is 6.41. The first-order chi connectivity index (χ1) is 19.9. The van der Waals surface area contributed by atoms with Gasteiger partial charge in [-0.1, -0.05) is 0 Å². The molecule has 0 radical (unpaired) electrons. The van der Waals surface area contributed by atoms with Gasteiger partial charge in [-0.15, -0.1) is 0 Å². The lowest BCUT2D eigenvalue weighted by Gasteiger charge is -2.33. The maximum Gasteiger partial charge on any atom is 0.458 e. The van der Waals surface area contributed by atoms with Gasteiger partial charge in [-0.2, -0.15) is 39.5 Å². The predicted octanol–water partition coefficient (Wildman–Crippen LogP) is 5.56. The molecule has 2 aromatic rings. The van der Waals surface area contributed by atoms with Crippen LogP contribution in [0.15, 0.2) is 30.3 Å². The van der Waals surface area contributed by atoms with E-state index < -0.39 is 35.7 Å². The number of nitrogens with one attached hydrogen (secondary N) is 2. The number of piperidine rings is 1. The molecule has 1 fully saturated rings. The van der Waals surface area contributed by atoms with Crippen LogP contribution in [0.5, 0.6) is 0 Å². The summed E-state index contributed by atoms with van der Waals surface area (Å²) in [5.74, 6) is -6.40. The lowest BCUT2D eigenvalue weighted by Crippen LogP contribution is -2.44. The zero-order valence-corrected chi connectivity index (χ0v) is 22.8. The molecule has 7 nitrogen and oxygen atoms in total. The second kappa shape index (κ2) is 11.9. The fourth-order valence-corrected chi connectivity index (χ4v) is 5.45. The van der Waals surface area contributed by atoms with Crippen LogP contribution in [0.3, 0.4) is 0 Å². The third kappa shape index (κ3) is 7.00. The maximum atomic E-state index is 13.2. The molecule has 0 unspecified atom stereocenters. The van der Waals surface area contributed by atoms with Gasteiger partial charge in [0, 0.05) is 56.1 Å². The highest BCUT2D eigenvalue weighted by Crippen LogP contribution is 2.48. The van der Waals surface area contributed by atoms with Gasteiger partial charge in [-0.05, 0) is 48.9 Å². The van der Waals surface area contributed by atoms with E-state index in [1.165, 1.54) is 23.4 Å². The highest BCUT2D eigenvalue weighted by atomic mass is 19.4. The number of ether oxygens (including phenoxy) is 1. The van der Waals surface area contributed by atoms with Crippen LogP contribution in [-0.4, -0.2) is 70.3 Å². The van der Waals surface area contributed by atoms with Gasteiger partial charge in [0.05, 0.1) is 30.2 Å². The molecule has 2 atom stereocenters. The summed E-state index contributed by atoms with van der Waals surface area (Å²) in [7, 11) is 3.50. The van der Waals surface area contributed by atoms with Gasteiger partial charge in [-0.3, -0.25) is 9.59 Å². The van der Waals surface area contributed by atoms with Gasteiger partial charge in [-0.25, -0.2) is 0 Å². The van der Waals surface area contributed by atoms with Crippen molar-refractivity contribution in [3.63, 3.8) is 0 Å². The number of ketones is 2. The molecule has 5 rings (SSSR count). The Bertz CT molecular complexity index is 1350. The second-order valence-electron chi connectivity index (χ2n) is 10.4. The van der Waals surface area contributed by atoms with E-state index in [2.05, 4.69) is 27.7 Å². The number of hydrogen-bond acceptors (Lipinski definition) is 7. The topological polar surface area (TPSA) is 73.9 Å². The van der Waals surface area contributed by atoms with Crippen molar-refractivity contribution in [2.45, 2.75) is 43.5 Å². The molecule has 43 heavy (non-hydrogen) atoms. The average Bonchev–Trinajstić information content (AvgIpc) is 3.06. The molecule has 0 aliphatic carbocycles. The summed E-state index contributed by atoms with van der Waals surface area (Å²) in [6.45, 7) is 4.12. The van der Waals surface area contributed by atoms with Crippen molar-refractivity contribution < 1.29 is 53.8 Å². The Labute approximate surface area is 239 Å². The predicted molar refractivity (Wildman–Crippen MR) is 139 cm³/mol. The number of halogens is 9. The van der Waals surface area contributed by atoms with Gasteiger partial charge in [0.25, 0.3) is 0 Å². The fourth-order valence-electron chi connectivity index (χ4n) is 5.45. The molecule has 16 heteroatoms. The summed E-state index contributed by atoms with van der Waals surface area (Å²) in [6.07, 6.45) is -14.8. The third-order valence-electron chi connectivity index (χ3n) is 7.29. The van der Waals surface area contributed by atoms with E-state index in [0.717, 1.165) is 43.4 Å². The van der Waals surface area contributed by atoms with E-state index in [4.69, 9.17) is 4.74 Å². The Morgan fingerprint density at radius 1 is 0.977 bits per heavy atom. The summed E-state index contributed by atoms with van der Waals surface area (Å²) < 4.78 is 112. The number of rotatable bonds is 4. The van der Waals surface area contributed by atoms with Crippen LogP contribution in [0.25, 0.3) is 0 Å². The van der Waals surface area contributed by atoms with Crippen molar-refractivity contribution in [3.05, 3.63) is 47.0 Å². The number of alkyl halides is 9. The molecule has 3 heterocycles. The smallest absolute Gasteiger partial charge is 0.376 e. The largest absolute Gasteiger partial charge is 0.458 e. The average molecular weight is 627 g/mol. The minimum atomic E-state index is -5.77. The summed E-state index contributed by atoms with van der Waals surface area (Å²) in [5.41, 5.74) is 5.12. The van der Waals surface area contributed by atoms with E-state index in [9.17, 15) is 49.1 Å². The van der Waals surface area contributed by atoms with Crippen LogP contribution in [0, 0.1) is 0 Å². The Kier molecular flexibility index (Phi) is 8.94. The van der Waals surface area contributed by atoms with Gasteiger partial charge in [0.15, 0.2) is 0 Å². The summed E-state index contributed by atoms with van der Waals surface area (Å²) >= 11 is 0. The molecular formula is C27H27F9N4O3. The van der Waals surface area contributed by atoms with E-state index >= 15 is 0 Å². The first-order valence-corrected chi connectivity index (χ1v) is 13.0. The molecule has 0 saturated carbocycles. The third-order valence-corrected chi connectivity index (χ3v) is 7.29. The molecule has 0 aromatic heterocycles. The van der Waals surface area contributed by atoms with Crippen LogP contribution in [0.4, 0.5) is 62.3 Å². The molecule has 0 amide bonds. The zero-order valence-electron chi connectivity index (χ0n) is 22.8. The number of anilines is 4. The summed E-state index contributed by atoms with van der Waals surface area (Å²) in [6, 6.07) is 8.57. The number of hydrogen-bond donors (Lipinski definition) is 2. The Balaban J connectivity index is 0.000000301. The fraction of sp³-hybridized carbons (Fsp3) is 0.481. The molecular weight excluding hydrogens is 599 g/mol. The van der Waals surface area contributed by atoms with Crippen molar-refractivity contribution >= 4 is 34.3 Å². The summed E-state index contributed by atoms with van der Waals surface area (Å²) in [5, 5.41) is 6.91. The maximum absolute atomic E-state index is 13.2. The standard InChI is InChI=1S/C23H27F3N4O.C4F6O2/c1-29(2)21-10-15(23(24,25)26)3-4-19(21)28-16-9-14-13-31-8-7-30-20-5-6-27-12-18(20)17(11-16)22(14)30;5-3(6,7)1(11)2(12)4(8,9)10/h3-4,9-11,18,20,27-28H,5-8,12-13H2,1-2H3;/t18-,20-;/m0./s1. The van der Waals surface area contributed by atoms with Crippen LogP contribution >= 0.6 is 0 Å². The number of Topliss-reactive ketones (excluding diaryl/α,β-unsaturated/α-hetero) is 2. The van der Waals surface area contributed by atoms with Gasteiger partial charge >= 0.3 is 30.1 Å². The van der Waals surface area contributed by atoms with E-state index in [1.807, 2.05) is 0 Å². The molecule has 2 aromatic carbocycles. The molecule has 0 bridgehead atoms. The van der Waals surface area contributed by atoms with E-state index in [-0.39, 0.29) is 0 Å². The Morgan fingerprint density at radius 2 is 1.63 bits per heavy atom. The first-order valence-electron chi connectivity index (χ1n) is 13.0. The Hall–Kier alpha value is -3.53. The molecule has 0 spiro atoms. The normalized spacial score (nSPS) is 19.8. The van der Waals surface area contributed by atoms with E-state index in [0.29, 0.717) is 36.5 Å². The van der Waals surface area contributed by atoms with Crippen LogP contribution in [-0.2, 0) is 27.1 Å². The molecule has 3 aliphatic heterocycles. The van der Waals surface area contributed by atoms with Crippen molar-refractivity contribution in [2.75, 3.05) is 55.5 Å². The second-order valence-corrected chi connectivity index (χ2v) is 10.4. The zero-order chi connectivity index (χ0) is 31.9. The highest BCUT2D eigenvalue weighted by Gasteiger charge is 2.54. The van der Waals surface area contributed by atoms with E-state index in [1.54, 1.807) is 19.0 Å². The van der Waals surface area contributed by atoms with Crippen molar-refractivity contribution in [1.82, 2.24) is 5.32 Å². The number of benzene rings is 2. The molecule has 2 N–H and O–H groups in total. The van der Waals surface area contributed by atoms with Gasteiger partial charge < -0.3 is 25.2 Å². The van der Waals surface area contributed by atoms with Crippen molar-refractivity contribution in [1.29, 1.82) is 0 Å². The molecule has 3 aliphatic rings. The minimum absolute atomic E-state index is 0.420. The summed E-state index contributed by atoms with van der Waals surface area (Å²) in [4.78, 5) is 23.4. The quantitative estimate of drug-likeness (QED) is 0.340. The molecule has 236 valence electrons. The Morgan fingerprint density at radius 3 is 2.21 bits per heavy atom. The number of fused-ring (bicyclic) bond motifs is 3. The monoisotopic (exact) mass is 626 g/mol. The van der Waals surface area contributed by atoms with Crippen LogP contribution in [0.1, 0.15) is 29.0 Å². The van der Waals surface area contributed by atoms with Crippen LogP contribution < -0.4 is 20.4 Å². The lowest BCUT2D eigenvalue weighted by atomic mass is 9.89. The van der Waals surface area contributed by atoms with Crippen LogP contribution in [0.2, 0.25) is 0 Å². The number of carbonyl (C=O) groups excluding carboxylic acids is 2. The van der Waals surface area contributed by atoms with Gasteiger partial charge in [0.2, 0.25) is 0 Å². The SMILES string of the molecule is CN(C)c1cc(C(F)(F)F)ccc1Nc1cc2c3c(c1)[C@@H]1CNCC[C@@H]1N3CCOC2.O=C(C(=O)C(F)(F)F)C(F)(F)F. The molecule has 1 saturated heterocycles. The van der Waals surface area contributed by atoms with Gasteiger partial charge in [0.1, 0.15) is 0 Å². The lowest BCUT2D eigenvalue weighted by molar-refractivity contribution is -0.193. The first kappa shape index (κ1) is 32.4. The van der Waals surface area contributed by atoms with Crippen molar-refractivity contribution in [2.24, 2.45) is 0 Å². The number of nitrogens with zero attached hydrogens (tertiary/aromatic N) is 2. The number of carbonyl (C=O) groups is 2. The minimum Gasteiger partial charge on any atom is -0.376 e. The van der Waals surface area contributed by atoms with Crippen molar-refractivity contribution in [3.8, 4) is 0 Å².